The number of sulfonamides is 1. The lowest BCUT2D eigenvalue weighted by Gasteiger charge is -2.02. The van der Waals surface area contributed by atoms with Gasteiger partial charge in [-0.05, 0) is 6.42 Å². The monoisotopic (exact) mass is 233 g/mol. The first-order valence-corrected chi connectivity index (χ1v) is 5.82. The molecule has 1 aromatic heterocycles. The number of carbonyl (C=O) groups is 1. The van der Waals surface area contributed by atoms with Crippen LogP contribution < -0.4 is 10.5 Å². The van der Waals surface area contributed by atoms with Crippen LogP contribution in [-0.2, 0) is 10.0 Å². The van der Waals surface area contributed by atoms with Gasteiger partial charge in [-0.2, -0.15) is 4.98 Å². The maximum absolute atomic E-state index is 11.3. The van der Waals surface area contributed by atoms with Crippen LogP contribution in [0.1, 0.15) is 24.0 Å². The summed E-state index contributed by atoms with van der Waals surface area (Å²) < 4.78 is 24.2. The van der Waals surface area contributed by atoms with Crippen LogP contribution in [0.4, 0.5) is 5.95 Å². The van der Waals surface area contributed by atoms with Gasteiger partial charge in [-0.25, -0.2) is 13.1 Å². The van der Waals surface area contributed by atoms with E-state index in [9.17, 15) is 13.2 Å². The van der Waals surface area contributed by atoms with E-state index >= 15 is 0 Å². The summed E-state index contributed by atoms with van der Waals surface area (Å²) >= 11 is 0. The Morgan fingerprint density at radius 3 is 2.73 bits per heavy atom. The van der Waals surface area contributed by atoms with Gasteiger partial charge >= 0.3 is 5.91 Å². The van der Waals surface area contributed by atoms with E-state index in [1.807, 2.05) is 4.72 Å². The Balaban J connectivity index is 2.72. The Kier molecular flexibility index (Phi) is 3.24. The van der Waals surface area contributed by atoms with Crippen LogP contribution in [0, 0.1) is 0 Å². The number of H-pyrrole nitrogens is 1. The second-order valence-electron chi connectivity index (χ2n) is 2.79. The number of nitrogen functional groups attached to an aromatic ring is 1. The third-order valence-corrected chi connectivity index (χ3v) is 2.88. The number of aromatic nitrogens is 3. The number of hydrogen-bond donors (Lipinski definition) is 3. The van der Waals surface area contributed by atoms with Crippen LogP contribution in [0.2, 0.25) is 0 Å². The predicted molar refractivity (Wildman–Crippen MR) is 52.3 cm³/mol. The Bertz CT molecular complexity index is 451. The molecule has 0 aliphatic heterocycles. The highest BCUT2D eigenvalue weighted by atomic mass is 32.2. The third kappa shape index (κ3) is 3.20. The van der Waals surface area contributed by atoms with Gasteiger partial charge in [0.25, 0.3) is 0 Å². The SMILES string of the molecule is CCCS(=O)(=O)NC(=O)c1nc(N)n[nH]1. The molecule has 0 unspecified atom stereocenters. The molecule has 0 aliphatic rings. The normalized spacial score (nSPS) is 11.3. The number of aromatic amines is 1. The number of amides is 1. The maximum atomic E-state index is 11.3. The van der Waals surface area contributed by atoms with Crippen molar-refractivity contribution in [1.82, 2.24) is 19.9 Å². The lowest BCUT2D eigenvalue weighted by Crippen LogP contribution is -2.33. The molecule has 84 valence electrons. The van der Waals surface area contributed by atoms with E-state index in [0.29, 0.717) is 6.42 Å². The zero-order valence-corrected chi connectivity index (χ0v) is 8.84. The van der Waals surface area contributed by atoms with Gasteiger partial charge in [0.1, 0.15) is 0 Å². The smallest absolute Gasteiger partial charge is 0.302 e. The number of nitrogens with one attached hydrogen (secondary N) is 2. The highest BCUT2D eigenvalue weighted by molar-refractivity contribution is 7.90. The van der Waals surface area contributed by atoms with Gasteiger partial charge in [-0.3, -0.25) is 9.89 Å². The highest BCUT2D eigenvalue weighted by Crippen LogP contribution is 1.95. The molecule has 4 N–H and O–H groups in total. The van der Waals surface area contributed by atoms with E-state index in [-0.39, 0.29) is 17.5 Å². The first-order chi connectivity index (χ1) is 6.94. The molecule has 0 aromatic carbocycles. The maximum Gasteiger partial charge on any atom is 0.302 e. The molecular formula is C6H11N5O3S. The van der Waals surface area contributed by atoms with Crippen molar-refractivity contribution in [1.29, 1.82) is 0 Å². The van der Waals surface area contributed by atoms with Crippen LogP contribution in [-0.4, -0.2) is 35.3 Å². The Morgan fingerprint density at radius 1 is 1.60 bits per heavy atom. The summed E-state index contributed by atoms with van der Waals surface area (Å²) in [4.78, 5) is 14.8. The van der Waals surface area contributed by atoms with Crippen LogP contribution in [0.25, 0.3) is 0 Å². The number of nitrogens with two attached hydrogens (primary N) is 1. The molecule has 9 heteroatoms. The van der Waals surface area contributed by atoms with Crippen LogP contribution in [0.15, 0.2) is 0 Å². The highest BCUT2D eigenvalue weighted by Gasteiger charge is 2.17. The molecule has 1 heterocycles. The molecular weight excluding hydrogens is 222 g/mol. The van der Waals surface area contributed by atoms with Crippen LogP contribution in [0.5, 0.6) is 0 Å². The first kappa shape index (κ1) is 11.4. The molecule has 8 nitrogen and oxygen atoms in total. The molecule has 0 atom stereocenters. The summed E-state index contributed by atoms with van der Waals surface area (Å²) in [6.07, 6.45) is 0.418. The number of carbonyl (C=O) groups excluding carboxylic acids is 1. The Morgan fingerprint density at radius 2 is 2.27 bits per heavy atom. The van der Waals surface area contributed by atoms with Gasteiger partial charge in [0, 0.05) is 0 Å². The van der Waals surface area contributed by atoms with Crippen LogP contribution in [0.3, 0.4) is 0 Å². The molecule has 0 bridgehead atoms. The molecule has 0 spiro atoms. The fourth-order valence-corrected chi connectivity index (χ4v) is 1.90. The van der Waals surface area contributed by atoms with E-state index in [1.165, 1.54) is 0 Å². The van der Waals surface area contributed by atoms with Crippen molar-refractivity contribution >= 4 is 21.9 Å². The minimum Gasteiger partial charge on any atom is -0.366 e. The topological polar surface area (TPSA) is 131 Å². The van der Waals surface area contributed by atoms with Crippen LogP contribution >= 0.6 is 0 Å². The largest absolute Gasteiger partial charge is 0.366 e. The molecule has 0 radical (unpaired) electrons. The van der Waals surface area contributed by atoms with Gasteiger partial charge in [-0.15, -0.1) is 5.10 Å². The van der Waals surface area contributed by atoms with Crippen molar-refractivity contribution in [2.75, 3.05) is 11.5 Å². The average Bonchev–Trinajstić information content (AvgIpc) is 2.50. The Labute approximate surface area is 86.3 Å². The number of nitrogens with zero attached hydrogens (tertiary/aromatic N) is 2. The first-order valence-electron chi connectivity index (χ1n) is 4.17. The minimum atomic E-state index is -3.60. The van der Waals surface area contributed by atoms with Crippen molar-refractivity contribution < 1.29 is 13.2 Å². The van der Waals surface area contributed by atoms with E-state index in [1.54, 1.807) is 6.92 Å². The van der Waals surface area contributed by atoms with Crippen molar-refractivity contribution in [3.8, 4) is 0 Å². The summed E-state index contributed by atoms with van der Waals surface area (Å²) in [5.41, 5.74) is 5.16. The number of anilines is 1. The average molecular weight is 233 g/mol. The summed E-state index contributed by atoms with van der Waals surface area (Å²) in [6.45, 7) is 1.69. The molecule has 0 fully saturated rings. The van der Waals surface area contributed by atoms with Crippen molar-refractivity contribution in [3.63, 3.8) is 0 Å². The van der Waals surface area contributed by atoms with Gasteiger partial charge in [0.15, 0.2) is 0 Å². The lowest BCUT2D eigenvalue weighted by atomic mass is 10.6. The van der Waals surface area contributed by atoms with Gasteiger partial charge in [-0.1, -0.05) is 6.92 Å². The molecule has 0 saturated heterocycles. The van der Waals surface area contributed by atoms with E-state index in [2.05, 4.69) is 15.2 Å². The second kappa shape index (κ2) is 4.26. The lowest BCUT2D eigenvalue weighted by molar-refractivity contribution is 0.0972. The van der Waals surface area contributed by atoms with E-state index < -0.39 is 15.9 Å². The van der Waals surface area contributed by atoms with Crippen molar-refractivity contribution in [2.24, 2.45) is 0 Å². The van der Waals surface area contributed by atoms with Crippen molar-refractivity contribution in [2.45, 2.75) is 13.3 Å². The van der Waals surface area contributed by atoms with Gasteiger partial charge in [0.05, 0.1) is 5.75 Å². The summed E-state index contributed by atoms with van der Waals surface area (Å²) in [5.74, 6) is -1.34. The molecule has 1 rings (SSSR count). The zero-order chi connectivity index (χ0) is 11.5. The molecule has 1 aromatic rings. The molecule has 0 aliphatic carbocycles. The van der Waals surface area contributed by atoms with E-state index in [0.717, 1.165) is 0 Å². The molecule has 1 amide bonds. The second-order valence-corrected chi connectivity index (χ2v) is 4.63. The van der Waals surface area contributed by atoms with E-state index in [4.69, 9.17) is 5.73 Å². The number of rotatable bonds is 4. The van der Waals surface area contributed by atoms with Gasteiger partial charge < -0.3 is 5.73 Å². The quantitative estimate of drug-likeness (QED) is 0.602. The zero-order valence-electron chi connectivity index (χ0n) is 8.02. The fourth-order valence-electron chi connectivity index (χ4n) is 0.886. The summed E-state index contributed by atoms with van der Waals surface area (Å²) in [5, 5.41) is 5.61. The fraction of sp³-hybridized carbons (Fsp3) is 0.500. The van der Waals surface area contributed by atoms with Gasteiger partial charge in [0.2, 0.25) is 21.8 Å². The minimum absolute atomic E-state index is 0.118. The third-order valence-electron chi connectivity index (χ3n) is 1.44. The number of hydrogen-bond acceptors (Lipinski definition) is 6. The molecule has 0 saturated carbocycles. The Hall–Kier alpha value is -1.64. The predicted octanol–water partition coefficient (Wildman–Crippen LogP) is -1.14. The summed E-state index contributed by atoms with van der Waals surface area (Å²) in [7, 11) is -3.60. The van der Waals surface area contributed by atoms with Crippen molar-refractivity contribution in [3.05, 3.63) is 5.82 Å². The standard InChI is InChI=1S/C6H11N5O3S/c1-2-3-15(13,14)11-5(12)4-8-6(7)10-9-4/h2-3H2,1H3,(H,11,12)(H3,7,8,9,10). The molecule has 15 heavy (non-hydrogen) atoms. The summed E-state index contributed by atoms with van der Waals surface area (Å²) in [6, 6.07) is 0.